The second kappa shape index (κ2) is 7.45. The molecule has 1 amide bonds. The highest BCUT2D eigenvalue weighted by atomic mass is 35.5. The van der Waals surface area contributed by atoms with Gasteiger partial charge in [0.05, 0.1) is 6.21 Å². The molecule has 0 aliphatic carbocycles. The fourth-order valence-corrected chi connectivity index (χ4v) is 1.78. The highest BCUT2D eigenvalue weighted by Crippen LogP contribution is 2.18. The molecule has 0 spiro atoms. The van der Waals surface area contributed by atoms with Crippen molar-refractivity contribution in [2.24, 2.45) is 5.10 Å². The van der Waals surface area contributed by atoms with E-state index in [1.54, 1.807) is 37.4 Å². The Kier molecular flexibility index (Phi) is 5.35. The smallest absolute Gasteiger partial charge is 0.280 e. The summed E-state index contributed by atoms with van der Waals surface area (Å²) in [4.78, 5) is 11.8. The second-order valence-corrected chi connectivity index (χ2v) is 4.80. The molecule has 0 heterocycles. The normalized spacial score (nSPS) is 12.1. The molecule has 5 heteroatoms. The van der Waals surface area contributed by atoms with Crippen LogP contribution in [-0.2, 0) is 4.79 Å². The van der Waals surface area contributed by atoms with E-state index >= 15 is 0 Å². The van der Waals surface area contributed by atoms with Crippen LogP contribution in [0, 0.1) is 0 Å². The predicted octanol–water partition coefficient (Wildman–Crippen LogP) is 3.26. The first-order valence-electron chi connectivity index (χ1n) is 6.45. The lowest BCUT2D eigenvalue weighted by molar-refractivity contribution is -0.127. The quantitative estimate of drug-likeness (QED) is 0.681. The molecule has 2 rings (SSSR count). The number of hydrogen-bond acceptors (Lipinski definition) is 3. The van der Waals surface area contributed by atoms with E-state index in [-0.39, 0.29) is 5.91 Å². The van der Waals surface area contributed by atoms with Crippen LogP contribution >= 0.6 is 11.6 Å². The molecule has 0 saturated heterocycles. The molecule has 0 radical (unpaired) electrons. The van der Waals surface area contributed by atoms with E-state index in [1.165, 1.54) is 0 Å². The van der Waals surface area contributed by atoms with Gasteiger partial charge in [-0.3, -0.25) is 4.79 Å². The highest BCUT2D eigenvalue weighted by molar-refractivity contribution is 6.30. The number of halogens is 1. The molecule has 1 unspecified atom stereocenters. The topological polar surface area (TPSA) is 50.7 Å². The van der Waals surface area contributed by atoms with E-state index in [9.17, 15) is 4.79 Å². The largest absolute Gasteiger partial charge is 0.481 e. The van der Waals surface area contributed by atoms with E-state index < -0.39 is 6.10 Å². The summed E-state index contributed by atoms with van der Waals surface area (Å²) in [7, 11) is 0. The zero-order valence-electron chi connectivity index (χ0n) is 11.5. The third-order valence-corrected chi connectivity index (χ3v) is 2.90. The maximum atomic E-state index is 11.8. The van der Waals surface area contributed by atoms with Gasteiger partial charge in [0.2, 0.25) is 0 Å². The first-order valence-corrected chi connectivity index (χ1v) is 6.83. The molecular weight excluding hydrogens is 288 g/mol. The Labute approximate surface area is 128 Å². The second-order valence-electron chi connectivity index (χ2n) is 4.36. The van der Waals surface area contributed by atoms with Gasteiger partial charge in [0, 0.05) is 5.02 Å². The van der Waals surface area contributed by atoms with E-state index in [0.717, 1.165) is 5.56 Å². The molecule has 0 aliphatic heterocycles. The number of ether oxygens (including phenoxy) is 1. The fraction of sp³-hybridized carbons (Fsp3) is 0.125. The van der Waals surface area contributed by atoms with Gasteiger partial charge in [0.25, 0.3) is 5.91 Å². The van der Waals surface area contributed by atoms with Gasteiger partial charge in [0.15, 0.2) is 6.10 Å². The first-order chi connectivity index (χ1) is 10.1. The zero-order valence-corrected chi connectivity index (χ0v) is 12.2. The molecule has 0 bridgehead atoms. The van der Waals surface area contributed by atoms with Crippen molar-refractivity contribution in [3.63, 3.8) is 0 Å². The molecule has 0 saturated carbocycles. The maximum absolute atomic E-state index is 11.8. The minimum absolute atomic E-state index is 0.331. The van der Waals surface area contributed by atoms with Crippen LogP contribution in [0.15, 0.2) is 59.7 Å². The summed E-state index contributed by atoms with van der Waals surface area (Å²) in [6.07, 6.45) is 0.903. The molecule has 108 valence electrons. The standard InChI is InChI=1S/C16H15ClN2O2/c1-12(21-15-9-5-8-14(17)10-15)16(20)19-18-11-13-6-3-2-4-7-13/h2-12H,1H3,(H,19,20). The molecule has 4 nitrogen and oxygen atoms in total. The SMILES string of the molecule is CC(Oc1cccc(Cl)c1)C(=O)NN=Cc1ccccc1. The van der Waals surface area contributed by atoms with Crippen LogP contribution in [0.25, 0.3) is 0 Å². The summed E-state index contributed by atoms with van der Waals surface area (Å²) in [5.74, 6) is 0.208. The van der Waals surface area contributed by atoms with Crippen LogP contribution in [0.2, 0.25) is 5.02 Å². The summed E-state index contributed by atoms with van der Waals surface area (Å²) < 4.78 is 5.49. The third-order valence-electron chi connectivity index (χ3n) is 2.67. The van der Waals surface area contributed by atoms with Crippen molar-refractivity contribution in [3.05, 3.63) is 65.2 Å². The van der Waals surface area contributed by atoms with Gasteiger partial charge in [-0.15, -0.1) is 0 Å². The Morgan fingerprint density at radius 2 is 2.00 bits per heavy atom. The van der Waals surface area contributed by atoms with Gasteiger partial charge in [-0.2, -0.15) is 5.10 Å². The maximum Gasteiger partial charge on any atom is 0.280 e. The van der Waals surface area contributed by atoms with Gasteiger partial charge in [0.1, 0.15) is 5.75 Å². The number of rotatable bonds is 5. The van der Waals surface area contributed by atoms with Gasteiger partial charge < -0.3 is 4.74 Å². The van der Waals surface area contributed by atoms with Crippen molar-refractivity contribution in [2.75, 3.05) is 0 Å². The molecule has 0 aliphatic rings. The number of carbonyl (C=O) groups excluding carboxylic acids is 1. The van der Waals surface area contributed by atoms with Crippen LogP contribution in [0.5, 0.6) is 5.75 Å². The Bertz CT molecular complexity index is 629. The summed E-state index contributed by atoms with van der Waals surface area (Å²) in [6.45, 7) is 1.65. The number of amides is 1. The minimum Gasteiger partial charge on any atom is -0.481 e. The minimum atomic E-state index is -0.670. The molecule has 2 aromatic rings. The Morgan fingerprint density at radius 3 is 2.71 bits per heavy atom. The third kappa shape index (κ3) is 4.93. The lowest BCUT2D eigenvalue weighted by Gasteiger charge is -2.12. The van der Waals surface area contributed by atoms with Crippen LogP contribution < -0.4 is 10.2 Å². The number of carbonyl (C=O) groups is 1. The van der Waals surface area contributed by atoms with Crippen molar-refractivity contribution < 1.29 is 9.53 Å². The molecule has 2 aromatic carbocycles. The van der Waals surface area contributed by atoms with Gasteiger partial charge in [-0.1, -0.05) is 48.0 Å². The first kappa shape index (κ1) is 15.1. The van der Waals surface area contributed by atoms with Crippen molar-refractivity contribution in [1.82, 2.24) is 5.43 Å². The number of hydrogen-bond donors (Lipinski definition) is 1. The van der Waals surface area contributed by atoms with Crippen molar-refractivity contribution in [2.45, 2.75) is 13.0 Å². The molecule has 0 aromatic heterocycles. The number of nitrogens with zero attached hydrogens (tertiary/aromatic N) is 1. The monoisotopic (exact) mass is 302 g/mol. The highest BCUT2D eigenvalue weighted by Gasteiger charge is 2.13. The van der Waals surface area contributed by atoms with Gasteiger partial charge >= 0.3 is 0 Å². The Morgan fingerprint density at radius 1 is 1.24 bits per heavy atom. The van der Waals surface area contributed by atoms with Crippen molar-refractivity contribution in [1.29, 1.82) is 0 Å². The number of benzene rings is 2. The Balaban J connectivity index is 1.87. The zero-order chi connectivity index (χ0) is 15.1. The van der Waals surface area contributed by atoms with Crippen molar-refractivity contribution in [3.8, 4) is 5.75 Å². The molecular formula is C16H15ClN2O2. The summed E-state index contributed by atoms with van der Waals surface area (Å²) in [6, 6.07) is 16.4. The van der Waals surface area contributed by atoms with Crippen LogP contribution in [0.1, 0.15) is 12.5 Å². The molecule has 21 heavy (non-hydrogen) atoms. The van der Waals surface area contributed by atoms with Crippen LogP contribution in [-0.4, -0.2) is 18.2 Å². The van der Waals surface area contributed by atoms with E-state index in [0.29, 0.717) is 10.8 Å². The summed E-state index contributed by atoms with van der Waals surface area (Å²) in [5, 5.41) is 4.45. The number of hydrazone groups is 1. The average Bonchev–Trinajstić information content (AvgIpc) is 2.48. The van der Waals surface area contributed by atoms with Gasteiger partial charge in [-0.25, -0.2) is 5.43 Å². The Hall–Kier alpha value is -2.33. The van der Waals surface area contributed by atoms with Crippen LogP contribution in [0.3, 0.4) is 0 Å². The average molecular weight is 303 g/mol. The molecule has 1 N–H and O–H groups in total. The van der Waals surface area contributed by atoms with Crippen molar-refractivity contribution >= 4 is 23.7 Å². The predicted molar refractivity (Wildman–Crippen MR) is 83.7 cm³/mol. The molecule has 0 fully saturated rings. The molecule has 1 atom stereocenters. The summed E-state index contributed by atoms with van der Waals surface area (Å²) in [5.41, 5.74) is 3.34. The van der Waals surface area contributed by atoms with E-state index in [2.05, 4.69) is 10.5 Å². The van der Waals surface area contributed by atoms with Gasteiger partial charge in [-0.05, 0) is 30.7 Å². The van der Waals surface area contributed by atoms with E-state index in [4.69, 9.17) is 16.3 Å². The number of nitrogens with one attached hydrogen (secondary N) is 1. The lowest BCUT2D eigenvalue weighted by Crippen LogP contribution is -2.33. The lowest BCUT2D eigenvalue weighted by atomic mass is 10.2. The van der Waals surface area contributed by atoms with Crippen LogP contribution in [0.4, 0.5) is 0 Å². The van der Waals surface area contributed by atoms with E-state index in [1.807, 2.05) is 30.3 Å². The summed E-state index contributed by atoms with van der Waals surface area (Å²) >= 11 is 5.86. The fourth-order valence-electron chi connectivity index (χ4n) is 1.60.